The minimum absolute atomic E-state index is 0.165. The second kappa shape index (κ2) is 5.12. The zero-order valence-electron chi connectivity index (χ0n) is 9.32. The molecule has 2 rings (SSSR count). The molecular weight excluding hydrogens is 201 g/mol. The van der Waals surface area contributed by atoms with Crippen molar-refractivity contribution in [2.75, 3.05) is 0 Å². The van der Waals surface area contributed by atoms with Crippen LogP contribution in [0.1, 0.15) is 43.6 Å². The van der Waals surface area contributed by atoms with Crippen molar-refractivity contribution in [1.29, 1.82) is 5.26 Å². The van der Waals surface area contributed by atoms with E-state index in [1.165, 1.54) is 17.7 Å². The van der Waals surface area contributed by atoms with Gasteiger partial charge in [0.05, 0.1) is 6.07 Å². The van der Waals surface area contributed by atoms with Gasteiger partial charge in [-0.15, -0.1) is 0 Å². The van der Waals surface area contributed by atoms with Gasteiger partial charge in [-0.25, -0.2) is 4.39 Å². The second-order valence-corrected chi connectivity index (χ2v) is 4.63. The summed E-state index contributed by atoms with van der Waals surface area (Å²) >= 11 is 0. The lowest BCUT2D eigenvalue weighted by atomic mass is 9.78. The molecule has 0 saturated heterocycles. The maximum Gasteiger partial charge on any atom is 0.123 e. The molecule has 0 radical (unpaired) electrons. The molecule has 0 amide bonds. The van der Waals surface area contributed by atoms with E-state index in [2.05, 4.69) is 6.07 Å². The molecule has 0 heterocycles. The third-order valence-corrected chi connectivity index (χ3v) is 3.57. The Morgan fingerprint density at radius 1 is 1.12 bits per heavy atom. The van der Waals surface area contributed by atoms with Crippen LogP contribution in [-0.2, 0) is 0 Å². The summed E-state index contributed by atoms with van der Waals surface area (Å²) in [6.45, 7) is 0. The largest absolute Gasteiger partial charge is 0.207 e. The van der Waals surface area contributed by atoms with Gasteiger partial charge in [0.1, 0.15) is 5.82 Å². The molecule has 0 aliphatic heterocycles. The van der Waals surface area contributed by atoms with E-state index < -0.39 is 0 Å². The van der Waals surface area contributed by atoms with E-state index in [9.17, 15) is 4.39 Å². The van der Waals surface area contributed by atoms with Crippen LogP contribution in [0.25, 0.3) is 0 Å². The highest BCUT2D eigenvalue weighted by Crippen LogP contribution is 2.36. The van der Waals surface area contributed by atoms with Crippen molar-refractivity contribution in [3.05, 3.63) is 35.6 Å². The van der Waals surface area contributed by atoms with E-state index in [4.69, 9.17) is 5.26 Å². The number of hydrogen-bond donors (Lipinski definition) is 0. The van der Waals surface area contributed by atoms with E-state index in [1.54, 1.807) is 0 Å². The van der Waals surface area contributed by atoms with Gasteiger partial charge in [0.2, 0.25) is 0 Å². The smallest absolute Gasteiger partial charge is 0.123 e. The fourth-order valence-corrected chi connectivity index (χ4v) is 2.56. The molecule has 1 nitrogen and oxygen atoms in total. The minimum atomic E-state index is -0.165. The normalized spacial score (nSPS) is 25.0. The van der Waals surface area contributed by atoms with Gasteiger partial charge >= 0.3 is 0 Å². The standard InChI is InChI=1S/C14H16FN/c15-14-7-5-13(6-8-14)12-3-1-11(2-4-12)9-10-16/h5-8,11-12H,1-4,9H2. The summed E-state index contributed by atoms with van der Waals surface area (Å²) in [6.07, 6.45) is 5.23. The van der Waals surface area contributed by atoms with Crippen molar-refractivity contribution in [2.45, 2.75) is 38.0 Å². The average Bonchev–Trinajstić information content (AvgIpc) is 2.32. The van der Waals surface area contributed by atoms with Crippen LogP contribution in [0, 0.1) is 23.1 Å². The van der Waals surface area contributed by atoms with Gasteiger partial charge in [-0.1, -0.05) is 12.1 Å². The number of nitriles is 1. The maximum atomic E-state index is 12.8. The molecule has 84 valence electrons. The van der Waals surface area contributed by atoms with Crippen LogP contribution >= 0.6 is 0 Å². The lowest BCUT2D eigenvalue weighted by molar-refractivity contribution is 0.330. The molecule has 0 unspecified atom stereocenters. The van der Waals surface area contributed by atoms with Crippen LogP contribution in [0.4, 0.5) is 4.39 Å². The molecule has 0 N–H and O–H groups in total. The molecule has 1 saturated carbocycles. The van der Waals surface area contributed by atoms with Crippen LogP contribution in [0.3, 0.4) is 0 Å². The van der Waals surface area contributed by atoms with Crippen LogP contribution in [0.15, 0.2) is 24.3 Å². The second-order valence-electron chi connectivity index (χ2n) is 4.63. The zero-order valence-corrected chi connectivity index (χ0v) is 9.32. The Bertz CT molecular complexity index is 369. The molecule has 16 heavy (non-hydrogen) atoms. The molecular formula is C14H16FN. The Morgan fingerprint density at radius 2 is 1.75 bits per heavy atom. The third-order valence-electron chi connectivity index (χ3n) is 3.57. The first kappa shape index (κ1) is 11.1. The summed E-state index contributed by atoms with van der Waals surface area (Å²) in [6, 6.07) is 9.11. The van der Waals surface area contributed by atoms with Crippen molar-refractivity contribution in [3.63, 3.8) is 0 Å². The molecule has 2 heteroatoms. The Hall–Kier alpha value is -1.36. The van der Waals surface area contributed by atoms with Gasteiger partial charge in [-0.3, -0.25) is 0 Å². The number of nitrogens with zero attached hydrogens (tertiary/aromatic N) is 1. The Balaban J connectivity index is 1.94. The molecule has 1 fully saturated rings. The first-order valence-corrected chi connectivity index (χ1v) is 5.92. The highest BCUT2D eigenvalue weighted by atomic mass is 19.1. The van der Waals surface area contributed by atoms with Crippen LogP contribution < -0.4 is 0 Å². The van der Waals surface area contributed by atoms with Gasteiger partial charge in [-0.05, 0) is 55.2 Å². The van der Waals surface area contributed by atoms with Gasteiger partial charge < -0.3 is 0 Å². The number of hydrogen-bond acceptors (Lipinski definition) is 1. The van der Waals surface area contributed by atoms with Crippen LogP contribution in [-0.4, -0.2) is 0 Å². The summed E-state index contributed by atoms with van der Waals surface area (Å²) in [4.78, 5) is 0. The Labute approximate surface area is 95.9 Å². The summed E-state index contributed by atoms with van der Waals surface area (Å²) in [5.41, 5.74) is 1.25. The number of rotatable bonds is 2. The third kappa shape index (κ3) is 2.61. The SMILES string of the molecule is N#CCC1CCC(c2ccc(F)cc2)CC1. The molecule has 0 atom stereocenters. The van der Waals surface area contributed by atoms with Crippen molar-refractivity contribution < 1.29 is 4.39 Å². The summed E-state index contributed by atoms with van der Waals surface area (Å²) < 4.78 is 12.8. The molecule has 1 aromatic carbocycles. The van der Waals surface area contributed by atoms with E-state index in [-0.39, 0.29) is 5.82 Å². The average molecular weight is 217 g/mol. The van der Waals surface area contributed by atoms with E-state index in [0.717, 1.165) is 25.7 Å². The predicted octanol–water partition coefficient (Wildman–Crippen LogP) is 4.01. The van der Waals surface area contributed by atoms with E-state index in [1.807, 2.05) is 12.1 Å². The van der Waals surface area contributed by atoms with Crippen molar-refractivity contribution >= 4 is 0 Å². The summed E-state index contributed by atoms with van der Waals surface area (Å²) in [5.74, 6) is 0.985. The molecule has 0 spiro atoms. The Kier molecular flexibility index (Phi) is 3.56. The van der Waals surface area contributed by atoms with E-state index in [0.29, 0.717) is 18.3 Å². The highest BCUT2D eigenvalue weighted by molar-refractivity contribution is 5.20. The molecule has 1 aliphatic carbocycles. The zero-order chi connectivity index (χ0) is 11.4. The molecule has 0 aromatic heterocycles. The molecule has 0 bridgehead atoms. The first-order chi connectivity index (χ1) is 7.79. The minimum Gasteiger partial charge on any atom is -0.207 e. The van der Waals surface area contributed by atoms with Gasteiger partial charge in [-0.2, -0.15) is 5.26 Å². The molecule has 1 aromatic rings. The van der Waals surface area contributed by atoms with Crippen molar-refractivity contribution in [1.82, 2.24) is 0 Å². The lowest BCUT2D eigenvalue weighted by Crippen LogP contribution is -2.12. The van der Waals surface area contributed by atoms with Gasteiger partial charge in [0.15, 0.2) is 0 Å². The summed E-state index contributed by atoms with van der Waals surface area (Å²) in [7, 11) is 0. The van der Waals surface area contributed by atoms with Crippen molar-refractivity contribution in [3.8, 4) is 6.07 Å². The van der Waals surface area contributed by atoms with Crippen LogP contribution in [0.5, 0.6) is 0 Å². The highest BCUT2D eigenvalue weighted by Gasteiger charge is 2.21. The molecule has 1 aliphatic rings. The van der Waals surface area contributed by atoms with E-state index >= 15 is 0 Å². The lowest BCUT2D eigenvalue weighted by Gasteiger charge is -2.27. The first-order valence-electron chi connectivity index (χ1n) is 5.92. The maximum absolute atomic E-state index is 12.8. The number of benzene rings is 1. The predicted molar refractivity (Wildman–Crippen MR) is 61.3 cm³/mol. The van der Waals surface area contributed by atoms with Gasteiger partial charge in [0.25, 0.3) is 0 Å². The fourth-order valence-electron chi connectivity index (χ4n) is 2.56. The quantitative estimate of drug-likeness (QED) is 0.734. The summed E-state index contributed by atoms with van der Waals surface area (Å²) in [5, 5.41) is 8.64. The number of halogens is 1. The van der Waals surface area contributed by atoms with Crippen LogP contribution in [0.2, 0.25) is 0 Å². The van der Waals surface area contributed by atoms with Crippen molar-refractivity contribution in [2.24, 2.45) is 5.92 Å². The topological polar surface area (TPSA) is 23.8 Å². The Morgan fingerprint density at radius 3 is 2.31 bits per heavy atom. The monoisotopic (exact) mass is 217 g/mol. The fraction of sp³-hybridized carbons (Fsp3) is 0.500. The van der Waals surface area contributed by atoms with Gasteiger partial charge in [0, 0.05) is 6.42 Å².